The number of hydrogen-bond acceptors (Lipinski definition) is 4. The van der Waals surface area contributed by atoms with Gasteiger partial charge in [-0.05, 0) is 42.8 Å². The number of urea groups is 1. The second-order valence-electron chi connectivity index (χ2n) is 6.41. The smallest absolute Gasteiger partial charge is 0.416 e. The molecule has 31 heavy (non-hydrogen) atoms. The summed E-state index contributed by atoms with van der Waals surface area (Å²) in [6, 6.07) is 7.59. The minimum Gasteiger partial charge on any atom is -0.497 e. The van der Waals surface area contributed by atoms with Gasteiger partial charge in [0.05, 0.1) is 12.7 Å². The molecule has 1 atom stereocenters. The van der Waals surface area contributed by atoms with Crippen molar-refractivity contribution in [3.05, 3.63) is 64.7 Å². The number of amides is 3. The van der Waals surface area contributed by atoms with Gasteiger partial charge >= 0.3 is 12.2 Å². The average molecular weight is 435 g/mol. The molecule has 0 radical (unpaired) electrons. The van der Waals surface area contributed by atoms with Crippen molar-refractivity contribution in [3.8, 4) is 17.6 Å². The van der Waals surface area contributed by atoms with Crippen molar-refractivity contribution < 1.29 is 32.7 Å². The number of ether oxygens (including phenoxy) is 1. The van der Waals surface area contributed by atoms with Crippen LogP contribution >= 0.6 is 0 Å². The van der Waals surface area contributed by atoms with E-state index in [-0.39, 0.29) is 28.5 Å². The number of methoxy groups -OCH3 is 1. The summed E-state index contributed by atoms with van der Waals surface area (Å²) in [6.45, 7) is 1.10. The first-order valence-corrected chi connectivity index (χ1v) is 8.94. The van der Waals surface area contributed by atoms with Crippen LogP contribution in [-0.2, 0) is 12.7 Å². The number of hydroxylamine groups is 2. The molecule has 0 aliphatic carbocycles. The zero-order chi connectivity index (χ0) is 23.2. The third kappa shape index (κ3) is 6.38. The molecule has 0 saturated heterocycles. The first kappa shape index (κ1) is 23.6. The molecule has 0 heterocycles. The Kier molecular flexibility index (Phi) is 7.50. The van der Waals surface area contributed by atoms with Gasteiger partial charge in [-0.2, -0.15) is 18.2 Å². The van der Waals surface area contributed by atoms with Gasteiger partial charge in [0.1, 0.15) is 11.8 Å². The van der Waals surface area contributed by atoms with Crippen molar-refractivity contribution >= 4 is 11.9 Å². The van der Waals surface area contributed by atoms with Gasteiger partial charge < -0.3 is 15.8 Å². The van der Waals surface area contributed by atoms with Crippen LogP contribution in [0.2, 0.25) is 0 Å². The highest BCUT2D eigenvalue weighted by Crippen LogP contribution is 2.34. The minimum absolute atomic E-state index is 0.0562. The van der Waals surface area contributed by atoms with Gasteiger partial charge in [-0.25, -0.2) is 4.79 Å². The molecule has 1 unspecified atom stereocenters. The molecule has 0 saturated carbocycles. The van der Waals surface area contributed by atoms with Gasteiger partial charge in [0.25, 0.3) is 5.91 Å². The Labute approximate surface area is 176 Å². The number of carbonyl (C=O) groups is 2. The van der Waals surface area contributed by atoms with Crippen molar-refractivity contribution in [1.82, 2.24) is 10.4 Å². The summed E-state index contributed by atoms with van der Waals surface area (Å²) in [5.74, 6) is 4.74. The molecule has 2 rings (SSSR count). The zero-order valence-electron chi connectivity index (χ0n) is 16.7. The first-order chi connectivity index (χ1) is 14.5. The predicted molar refractivity (Wildman–Crippen MR) is 105 cm³/mol. The molecular formula is C21H20F3N3O4. The van der Waals surface area contributed by atoms with E-state index in [0.29, 0.717) is 5.56 Å². The van der Waals surface area contributed by atoms with E-state index in [1.807, 2.05) is 0 Å². The molecule has 0 spiro atoms. The van der Waals surface area contributed by atoms with E-state index in [1.54, 1.807) is 12.1 Å². The molecule has 0 aliphatic heterocycles. The normalized spacial score (nSPS) is 11.7. The lowest BCUT2D eigenvalue weighted by atomic mass is 10.1. The second-order valence-corrected chi connectivity index (χ2v) is 6.41. The first-order valence-electron chi connectivity index (χ1n) is 8.94. The standard InChI is InChI=1S/C21H20F3N3O4/c1-13(27(30)20(25)29)6-7-14-4-3-5-15(10-14)19(28)26-12-16-8-9-17(31-2)11-18(16)21(22,23)24/h3-5,8-11,13,30H,12H2,1-2H3,(H2,25,29)(H,26,28). The molecule has 0 bridgehead atoms. The van der Waals surface area contributed by atoms with Gasteiger partial charge in [-0.3, -0.25) is 10.0 Å². The molecule has 4 N–H and O–H groups in total. The van der Waals surface area contributed by atoms with Gasteiger partial charge in [0, 0.05) is 17.7 Å². The molecule has 2 aromatic rings. The number of rotatable bonds is 5. The highest BCUT2D eigenvalue weighted by Gasteiger charge is 2.33. The summed E-state index contributed by atoms with van der Waals surface area (Å²) in [6.07, 6.45) is -4.60. The number of carbonyl (C=O) groups excluding carboxylic acids is 2. The summed E-state index contributed by atoms with van der Waals surface area (Å²) < 4.78 is 44.7. The number of nitrogens with zero attached hydrogens (tertiary/aromatic N) is 1. The molecule has 3 amide bonds. The monoisotopic (exact) mass is 435 g/mol. The minimum atomic E-state index is -4.60. The van der Waals surface area contributed by atoms with Crippen LogP contribution in [0.5, 0.6) is 5.75 Å². The molecular weight excluding hydrogens is 415 g/mol. The highest BCUT2D eigenvalue weighted by atomic mass is 19.4. The number of nitrogens with two attached hydrogens (primary N) is 1. The van der Waals surface area contributed by atoms with E-state index < -0.39 is 29.7 Å². The van der Waals surface area contributed by atoms with Crippen LogP contribution in [0.3, 0.4) is 0 Å². The van der Waals surface area contributed by atoms with Crippen LogP contribution < -0.4 is 15.8 Å². The Morgan fingerprint density at radius 3 is 2.58 bits per heavy atom. The Bertz CT molecular complexity index is 1030. The Morgan fingerprint density at radius 2 is 1.97 bits per heavy atom. The van der Waals surface area contributed by atoms with Crippen LogP contribution in [-0.4, -0.2) is 35.4 Å². The summed E-state index contributed by atoms with van der Waals surface area (Å²) in [4.78, 5) is 23.3. The molecule has 0 fully saturated rings. The lowest BCUT2D eigenvalue weighted by molar-refractivity contribution is -0.138. The highest BCUT2D eigenvalue weighted by molar-refractivity contribution is 5.94. The third-order valence-electron chi connectivity index (χ3n) is 4.20. The molecule has 7 nitrogen and oxygen atoms in total. The fourth-order valence-corrected chi connectivity index (χ4v) is 2.56. The van der Waals surface area contributed by atoms with E-state index in [2.05, 4.69) is 17.2 Å². The molecule has 0 aromatic heterocycles. The summed E-state index contributed by atoms with van der Waals surface area (Å²) in [5.41, 5.74) is 4.51. The number of benzene rings is 2. The van der Waals surface area contributed by atoms with Crippen LogP contribution in [0.15, 0.2) is 42.5 Å². The SMILES string of the molecule is COc1ccc(CNC(=O)c2cccc(C#CC(C)N(O)C(N)=O)c2)c(C(F)(F)F)c1. The Balaban J connectivity index is 2.15. The predicted octanol–water partition coefficient (Wildman–Crippen LogP) is 3.15. The lowest BCUT2D eigenvalue weighted by Crippen LogP contribution is -2.38. The Hall–Kier alpha value is -3.71. The van der Waals surface area contributed by atoms with Crippen LogP contribution in [0.4, 0.5) is 18.0 Å². The maximum atomic E-state index is 13.3. The Morgan fingerprint density at radius 1 is 1.26 bits per heavy atom. The number of hydrogen-bond donors (Lipinski definition) is 3. The van der Waals surface area contributed by atoms with Gasteiger partial charge in [-0.15, -0.1) is 0 Å². The van der Waals surface area contributed by atoms with Crippen molar-refractivity contribution in [1.29, 1.82) is 0 Å². The lowest BCUT2D eigenvalue weighted by Gasteiger charge is -2.15. The summed E-state index contributed by atoms with van der Waals surface area (Å²) in [5, 5.41) is 12.1. The second kappa shape index (κ2) is 9.86. The van der Waals surface area contributed by atoms with Crippen molar-refractivity contribution in [2.75, 3.05) is 7.11 Å². The molecule has 164 valence electrons. The third-order valence-corrected chi connectivity index (χ3v) is 4.20. The summed E-state index contributed by atoms with van der Waals surface area (Å²) in [7, 11) is 1.26. The number of halogens is 3. The van der Waals surface area contributed by atoms with E-state index in [0.717, 1.165) is 6.07 Å². The van der Waals surface area contributed by atoms with Crippen LogP contribution in [0.25, 0.3) is 0 Å². The number of alkyl halides is 3. The van der Waals surface area contributed by atoms with Crippen LogP contribution in [0, 0.1) is 11.8 Å². The van der Waals surface area contributed by atoms with Crippen LogP contribution in [0.1, 0.15) is 34.0 Å². The van der Waals surface area contributed by atoms with Crippen molar-refractivity contribution in [3.63, 3.8) is 0 Å². The fourth-order valence-electron chi connectivity index (χ4n) is 2.56. The van der Waals surface area contributed by atoms with Crippen molar-refractivity contribution in [2.24, 2.45) is 5.73 Å². The van der Waals surface area contributed by atoms with E-state index in [4.69, 9.17) is 10.5 Å². The zero-order valence-corrected chi connectivity index (χ0v) is 16.7. The quantitative estimate of drug-likeness (QED) is 0.381. The van der Waals surface area contributed by atoms with E-state index in [9.17, 15) is 28.0 Å². The summed E-state index contributed by atoms with van der Waals surface area (Å²) >= 11 is 0. The maximum absolute atomic E-state index is 13.3. The number of nitrogens with one attached hydrogen (secondary N) is 1. The largest absolute Gasteiger partial charge is 0.497 e. The van der Waals surface area contributed by atoms with Gasteiger partial charge in [0.2, 0.25) is 0 Å². The van der Waals surface area contributed by atoms with E-state index in [1.165, 1.54) is 38.3 Å². The van der Waals surface area contributed by atoms with E-state index >= 15 is 0 Å². The molecule has 0 aliphatic rings. The fraction of sp³-hybridized carbons (Fsp3) is 0.238. The van der Waals surface area contributed by atoms with Crippen molar-refractivity contribution in [2.45, 2.75) is 25.7 Å². The van der Waals surface area contributed by atoms with Gasteiger partial charge in [0.15, 0.2) is 0 Å². The maximum Gasteiger partial charge on any atom is 0.416 e. The molecule has 10 heteroatoms. The topological polar surface area (TPSA) is 105 Å². The number of primary amides is 1. The average Bonchev–Trinajstić information content (AvgIpc) is 2.74. The van der Waals surface area contributed by atoms with Gasteiger partial charge in [-0.1, -0.05) is 24.0 Å². The molecule has 2 aromatic carbocycles.